The molecule has 2 fully saturated rings. The van der Waals surface area contributed by atoms with E-state index in [0.29, 0.717) is 16.7 Å². The van der Waals surface area contributed by atoms with Crippen molar-refractivity contribution in [3.63, 3.8) is 0 Å². The molecule has 4 nitrogen and oxygen atoms in total. The van der Waals surface area contributed by atoms with Gasteiger partial charge in [0.05, 0.1) is 6.61 Å². The molecule has 1 saturated heterocycles. The van der Waals surface area contributed by atoms with E-state index < -0.39 is 0 Å². The summed E-state index contributed by atoms with van der Waals surface area (Å²) in [5, 5.41) is 0. The molecular weight excluding hydrogens is 418 g/mol. The molecule has 1 aromatic carbocycles. The van der Waals surface area contributed by atoms with Gasteiger partial charge in [-0.3, -0.25) is 4.90 Å². The molecule has 5 heteroatoms. The van der Waals surface area contributed by atoms with Gasteiger partial charge in [-0.05, 0) is 66.7 Å². The fourth-order valence-corrected chi connectivity index (χ4v) is 6.34. The highest BCUT2D eigenvalue weighted by molar-refractivity contribution is 5.85. The van der Waals surface area contributed by atoms with Gasteiger partial charge in [-0.2, -0.15) is 0 Å². The van der Waals surface area contributed by atoms with Crippen LogP contribution in [0.25, 0.3) is 0 Å². The molecule has 2 aliphatic rings. The molecule has 184 valence electrons. The number of likely N-dealkylation sites (N-methyl/N-ethyl adjacent to an activating group) is 1. The van der Waals surface area contributed by atoms with Crippen molar-refractivity contribution in [1.82, 2.24) is 4.90 Å². The summed E-state index contributed by atoms with van der Waals surface area (Å²) in [4.78, 5) is 7.63. The summed E-state index contributed by atoms with van der Waals surface area (Å²) in [7, 11) is 3.97. The predicted molar refractivity (Wildman–Crippen MR) is 142 cm³/mol. The topological polar surface area (TPSA) is 19.0 Å². The largest absolute Gasteiger partial charge is 0.383 e. The minimum atomic E-state index is 0. The first-order valence-electron chi connectivity index (χ1n) is 12.5. The summed E-state index contributed by atoms with van der Waals surface area (Å²) in [6.45, 7) is 19.7. The second kappa shape index (κ2) is 11.4. The smallest absolute Gasteiger partial charge is 0.0637 e. The Morgan fingerprint density at radius 3 is 2.22 bits per heavy atom. The predicted octanol–water partition coefficient (Wildman–Crippen LogP) is 6.04. The van der Waals surface area contributed by atoms with Crippen molar-refractivity contribution in [1.29, 1.82) is 0 Å². The third kappa shape index (κ3) is 7.01. The summed E-state index contributed by atoms with van der Waals surface area (Å²) >= 11 is 0. The number of nitrogens with zero attached hydrogens (tertiary/aromatic N) is 3. The maximum Gasteiger partial charge on any atom is 0.0637 e. The molecule has 0 aromatic heterocycles. The van der Waals surface area contributed by atoms with Gasteiger partial charge in [0.2, 0.25) is 0 Å². The van der Waals surface area contributed by atoms with E-state index in [1.54, 1.807) is 12.7 Å². The fourth-order valence-electron chi connectivity index (χ4n) is 6.34. The van der Waals surface area contributed by atoms with Crippen LogP contribution in [0.3, 0.4) is 0 Å². The Kier molecular flexibility index (Phi) is 9.75. The van der Waals surface area contributed by atoms with E-state index in [4.69, 9.17) is 4.74 Å². The zero-order valence-electron chi connectivity index (χ0n) is 21.7. The zero-order valence-corrected chi connectivity index (χ0v) is 22.6. The molecule has 0 bridgehead atoms. The Bertz CT molecular complexity index is 697. The van der Waals surface area contributed by atoms with Crippen molar-refractivity contribution < 1.29 is 4.74 Å². The molecule has 0 atom stereocenters. The summed E-state index contributed by atoms with van der Waals surface area (Å²) in [5.74, 6) is 0.640. The van der Waals surface area contributed by atoms with Gasteiger partial charge in [0.15, 0.2) is 0 Å². The van der Waals surface area contributed by atoms with Gasteiger partial charge in [0, 0.05) is 58.3 Å². The summed E-state index contributed by atoms with van der Waals surface area (Å²) in [6, 6.07) is 7.26. The minimum Gasteiger partial charge on any atom is -0.383 e. The summed E-state index contributed by atoms with van der Waals surface area (Å²) < 4.78 is 5.32. The Labute approximate surface area is 204 Å². The van der Waals surface area contributed by atoms with Crippen molar-refractivity contribution in [2.45, 2.75) is 66.2 Å². The second-order valence-electron chi connectivity index (χ2n) is 11.6. The summed E-state index contributed by atoms with van der Waals surface area (Å²) in [5.41, 5.74) is 5.17. The highest BCUT2D eigenvalue weighted by atomic mass is 35.5. The third-order valence-corrected chi connectivity index (χ3v) is 7.33. The number of rotatable bonds is 8. The lowest BCUT2D eigenvalue weighted by atomic mass is 9.60. The van der Waals surface area contributed by atoms with E-state index in [0.717, 1.165) is 26.2 Å². The van der Waals surface area contributed by atoms with Crippen molar-refractivity contribution >= 4 is 23.8 Å². The molecule has 1 aliphatic carbocycles. The normalized spacial score (nSPS) is 21.3. The lowest BCUT2D eigenvalue weighted by Crippen LogP contribution is -2.47. The number of hydrogen-bond donors (Lipinski definition) is 0. The van der Waals surface area contributed by atoms with Gasteiger partial charge in [-0.25, -0.2) is 0 Å². The SMILES string of the molecule is CCCN1CCN(c2cc(N(C)CCOC)ccc2C2CC(C)(C)CC(C)(C)C2)CC1.Cl. The van der Waals surface area contributed by atoms with Crippen molar-refractivity contribution in [2.24, 2.45) is 10.8 Å². The quantitative estimate of drug-likeness (QED) is 0.465. The van der Waals surface area contributed by atoms with Crippen LogP contribution in [0.1, 0.15) is 71.8 Å². The molecule has 1 heterocycles. The van der Waals surface area contributed by atoms with Crippen LogP contribution < -0.4 is 9.80 Å². The van der Waals surface area contributed by atoms with E-state index in [2.05, 4.69) is 74.6 Å². The molecule has 32 heavy (non-hydrogen) atoms. The maximum absolute atomic E-state index is 5.32. The maximum atomic E-state index is 5.32. The summed E-state index contributed by atoms with van der Waals surface area (Å²) in [6.07, 6.45) is 5.15. The lowest BCUT2D eigenvalue weighted by molar-refractivity contribution is 0.0970. The van der Waals surface area contributed by atoms with Crippen LogP contribution in [-0.2, 0) is 4.74 Å². The number of hydrogen-bond acceptors (Lipinski definition) is 4. The first-order valence-corrected chi connectivity index (χ1v) is 12.5. The van der Waals surface area contributed by atoms with Crippen molar-refractivity contribution in [3.05, 3.63) is 23.8 Å². The van der Waals surface area contributed by atoms with E-state index in [1.165, 1.54) is 56.7 Å². The highest BCUT2D eigenvalue weighted by Gasteiger charge is 2.40. The van der Waals surface area contributed by atoms with Crippen molar-refractivity contribution in [3.8, 4) is 0 Å². The molecular formula is C27H48ClN3O. The third-order valence-electron chi connectivity index (χ3n) is 7.33. The molecule has 0 amide bonds. The lowest BCUT2D eigenvalue weighted by Gasteiger charge is -2.46. The average Bonchev–Trinajstić information content (AvgIpc) is 2.70. The molecule has 1 saturated carbocycles. The number of benzene rings is 1. The molecule has 3 rings (SSSR count). The first-order chi connectivity index (χ1) is 14.6. The number of methoxy groups -OCH3 is 1. The zero-order chi connectivity index (χ0) is 22.6. The Balaban J connectivity index is 0.00000363. The molecule has 0 N–H and O–H groups in total. The van der Waals surface area contributed by atoms with Crippen LogP contribution in [0.2, 0.25) is 0 Å². The highest BCUT2D eigenvalue weighted by Crippen LogP contribution is 2.53. The van der Waals surface area contributed by atoms with E-state index in [-0.39, 0.29) is 12.4 Å². The number of halogens is 1. The Morgan fingerprint density at radius 1 is 1.03 bits per heavy atom. The van der Waals surface area contributed by atoms with Crippen LogP contribution in [0.15, 0.2) is 18.2 Å². The van der Waals surface area contributed by atoms with Crippen LogP contribution in [0.4, 0.5) is 11.4 Å². The minimum absolute atomic E-state index is 0. The van der Waals surface area contributed by atoms with Gasteiger partial charge in [0.25, 0.3) is 0 Å². The van der Waals surface area contributed by atoms with E-state index in [1.807, 2.05) is 0 Å². The molecule has 1 aliphatic heterocycles. The average molecular weight is 466 g/mol. The van der Waals surface area contributed by atoms with Gasteiger partial charge in [0.1, 0.15) is 0 Å². The van der Waals surface area contributed by atoms with Gasteiger partial charge in [-0.15, -0.1) is 12.4 Å². The second-order valence-corrected chi connectivity index (χ2v) is 11.6. The van der Waals surface area contributed by atoms with Crippen LogP contribution in [0.5, 0.6) is 0 Å². The molecule has 1 aromatic rings. The van der Waals surface area contributed by atoms with Gasteiger partial charge >= 0.3 is 0 Å². The molecule has 0 unspecified atom stereocenters. The Hall–Kier alpha value is -0.970. The van der Waals surface area contributed by atoms with Gasteiger partial charge in [-0.1, -0.05) is 40.7 Å². The monoisotopic (exact) mass is 465 g/mol. The fraction of sp³-hybridized carbons (Fsp3) is 0.778. The standard InChI is InChI=1S/C27H47N3O.ClH/c1-8-11-29-12-14-30(15-13-29)25-18-23(28(6)16-17-31-7)9-10-24(25)22-19-26(2,3)21-27(4,5)20-22;/h9-10,18,22H,8,11-17,19-21H2,1-7H3;1H. The number of ether oxygens (including phenoxy) is 1. The van der Waals surface area contributed by atoms with Crippen LogP contribution in [-0.4, -0.2) is 64.9 Å². The molecule has 0 radical (unpaired) electrons. The van der Waals surface area contributed by atoms with Gasteiger partial charge < -0.3 is 14.5 Å². The Morgan fingerprint density at radius 2 is 1.66 bits per heavy atom. The van der Waals surface area contributed by atoms with E-state index >= 15 is 0 Å². The number of piperazine rings is 1. The number of anilines is 2. The molecule has 0 spiro atoms. The van der Waals surface area contributed by atoms with Crippen LogP contribution >= 0.6 is 12.4 Å². The first kappa shape index (κ1) is 27.3. The van der Waals surface area contributed by atoms with E-state index in [9.17, 15) is 0 Å². The van der Waals surface area contributed by atoms with Crippen LogP contribution in [0, 0.1) is 10.8 Å². The van der Waals surface area contributed by atoms with Crippen molar-refractivity contribution in [2.75, 3.05) is 69.8 Å².